The molecule has 28 rings (SSSR count). The average molecular weight is 1630 g/mol. The van der Waals surface area contributed by atoms with E-state index in [1.54, 1.807) is 0 Å². The molecule has 2 aliphatic heterocycles. The van der Waals surface area contributed by atoms with Crippen molar-refractivity contribution in [3.63, 3.8) is 0 Å². The van der Waals surface area contributed by atoms with Gasteiger partial charge in [0, 0.05) is 65.8 Å². The molecule has 0 radical (unpaired) electrons. The van der Waals surface area contributed by atoms with E-state index in [0.717, 1.165) is 44.8 Å². The van der Waals surface area contributed by atoms with Gasteiger partial charge >= 0.3 is 0 Å². The number of rotatable bonds is 10. The summed E-state index contributed by atoms with van der Waals surface area (Å²) in [6.45, 7) is -0.369. The number of hydrogen-bond donors (Lipinski definition) is 0. The normalized spacial score (nSPS) is 13.3. The van der Waals surface area contributed by atoms with E-state index in [2.05, 4.69) is 479 Å². The predicted molar refractivity (Wildman–Crippen MR) is 548 cm³/mol. The van der Waals surface area contributed by atoms with Gasteiger partial charge in [-0.2, -0.15) is 0 Å². The van der Waals surface area contributed by atoms with Gasteiger partial charge < -0.3 is 18.3 Å². The maximum absolute atomic E-state index is 2.63. The van der Waals surface area contributed by atoms with Crippen molar-refractivity contribution < 1.29 is 0 Å². The van der Waals surface area contributed by atoms with Gasteiger partial charge in [0.25, 0.3) is 0 Å². The first kappa shape index (κ1) is 72.2. The molecule has 592 valence electrons. The second-order valence-corrected chi connectivity index (χ2v) is 35.8. The molecule has 129 heavy (non-hydrogen) atoms. The zero-order valence-electron chi connectivity index (χ0n) is 70.5. The summed E-state index contributed by atoms with van der Waals surface area (Å²) in [7, 11) is 0. The van der Waals surface area contributed by atoms with Gasteiger partial charge in [-0.05, 0) is 188 Å². The fourth-order valence-corrected chi connectivity index (χ4v) is 24.5. The fraction of sp³-hybridized carbons (Fsp3) is 0.00826. The van der Waals surface area contributed by atoms with Crippen LogP contribution in [0.25, 0.3) is 154 Å². The Morgan fingerprint density at radius 3 is 0.729 bits per heavy atom. The summed E-state index contributed by atoms with van der Waals surface area (Å²) in [6.07, 6.45) is 0. The summed E-state index contributed by atoms with van der Waals surface area (Å²) >= 11 is 0. The number of hydrogen-bond acceptors (Lipinski definition) is 0. The second-order valence-electron chi connectivity index (χ2n) is 35.8. The maximum atomic E-state index is 2.63. The summed E-state index contributed by atoms with van der Waals surface area (Å²) < 4.78 is 9.97. The lowest BCUT2D eigenvalue weighted by molar-refractivity contribution is 0.794. The average Bonchev–Trinajstić information content (AvgIpc) is 1.48. The summed E-state index contributed by atoms with van der Waals surface area (Å²) in [5.41, 5.74) is 44.1. The summed E-state index contributed by atoms with van der Waals surface area (Å²) in [4.78, 5) is 0. The third-order valence-electron chi connectivity index (χ3n) is 29.6. The smallest absolute Gasteiger partial charge is 0.240 e. The molecule has 0 unspecified atom stereocenters. The molecule has 4 aliphatic rings. The highest BCUT2D eigenvalue weighted by Gasteiger charge is 2.57. The van der Waals surface area contributed by atoms with Gasteiger partial charge in [-0.25, -0.2) is 0 Å². The van der Waals surface area contributed by atoms with E-state index in [0.29, 0.717) is 0 Å². The molecule has 1 spiro atoms. The molecule has 20 aromatic carbocycles. The van der Waals surface area contributed by atoms with E-state index in [1.165, 1.54) is 197 Å². The summed E-state index contributed by atoms with van der Waals surface area (Å²) in [5.74, 6) is 0. The van der Waals surface area contributed by atoms with Crippen LogP contribution in [0, 0.1) is 0 Å². The lowest BCUT2D eigenvalue weighted by atomic mass is 9.20. The summed E-state index contributed by atoms with van der Waals surface area (Å²) in [5, 5.41) is 9.80. The molecule has 6 heterocycles. The Labute approximate surface area is 748 Å². The van der Waals surface area contributed by atoms with Crippen molar-refractivity contribution in [2.24, 2.45) is 0 Å². The van der Waals surface area contributed by atoms with E-state index >= 15 is 0 Å². The maximum Gasteiger partial charge on any atom is 0.240 e. The Morgan fingerprint density at radius 1 is 0.163 bits per heavy atom. The van der Waals surface area contributed by atoms with E-state index in [-0.39, 0.29) is 26.9 Å². The Bertz CT molecular complexity index is 8320. The number of nitrogens with zero attached hydrogens (tertiary/aromatic N) is 4. The van der Waals surface area contributed by atoms with Crippen molar-refractivity contribution >= 4 is 180 Å². The van der Waals surface area contributed by atoms with Gasteiger partial charge in [-0.3, -0.25) is 0 Å². The standard InChI is InChI=1S/C121H76B4N4/c1-7-31-81(32-8-1)122-103-47-23-25-49-105(103)124(83-35-11-3-12-36-83)119-107(122)65-63-101-117(119)97-75-87(128-111-53-29-21-45-91(111)95-73-79(57-69-115(95)128)77-55-67-113-93(71-77)89-43-19-27-51-109(89)126(113)85-39-15-5-16-40-85)59-61-99(97)121(101)100-62-60-88(76-98(100)118-102(121)64-66-108-120(118)125(84-37-13-4-14-38-84)106-50-26-24-48-104(106)123(108)82-33-9-2-10-34-82)129-112-54-30-22-46-92(112)96-74-80(58-70-116(96)129)78-56-68-114-94(72-78)90-44-20-28-52-110(90)127(114)86-41-17-6-18-42-86/h1-76H. The third-order valence-corrected chi connectivity index (χ3v) is 29.6. The molecule has 0 N–H and O–H groups in total. The van der Waals surface area contributed by atoms with E-state index in [4.69, 9.17) is 0 Å². The molecule has 2 aliphatic carbocycles. The van der Waals surface area contributed by atoms with Gasteiger partial charge in [-0.15, -0.1) is 0 Å². The second kappa shape index (κ2) is 27.9. The number of fused-ring (bicyclic) bond motifs is 28. The highest BCUT2D eigenvalue weighted by molar-refractivity contribution is 7.13. The molecular formula is C121H76B4N4. The molecular weight excluding hydrogens is 1550 g/mol. The van der Waals surface area contributed by atoms with E-state index in [1.807, 2.05) is 0 Å². The minimum atomic E-state index is -0.855. The van der Waals surface area contributed by atoms with Crippen LogP contribution in [0.5, 0.6) is 0 Å². The highest BCUT2D eigenvalue weighted by atomic mass is 15.0. The Morgan fingerprint density at radius 2 is 0.411 bits per heavy atom. The van der Waals surface area contributed by atoms with Crippen LogP contribution in [0.1, 0.15) is 22.3 Å². The fourth-order valence-electron chi connectivity index (χ4n) is 24.5. The molecule has 0 amide bonds. The van der Waals surface area contributed by atoms with Crippen LogP contribution in [0.15, 0.2) is 461 Å². The molecule has 24 aromatic rings. The largest absolute Gasteiger partial charge is 0.309 e. The molecule has 0 atom stereocenters. The van der Waals surface area contributed by atoms with Crippen LogP contribution in [0.4, 0.5) is 0 Å². The molecule has 4 nitrogen and oxygen atoms in total. The molecule has 0 saturated carbocycles. The monoisotopic (exact) mass is 1630 g/mol. The van der Waals surface area contributed by atoms with Gasteiger partial charge in [0.05, 0.1) is 49.5 Å². The van der Waals surface area contributed by atoms with Gasteiger partial charge in [-0.1, -0.05) is 405 Å². The zero-order valence-corrected chi connectivity index (χ0v) is 70.5. The van der Waals surface area contributed by atoms with Crippen molar-refractivity contribution in [3.8, 4) is 67.3 Å². The Kier molecular flexibility index (Phi) is 15.6. The zero-order chi connectivity index (χ0) is 84.3. The van der Waals surface area contributed by atoms with Crippen LogP contribution in [0.2, 0.25) is 0 Å². The predicted octanol–water partition coefficient (Wildman–Crippen LogP) is 20.4. The van der Waals surface area contributed by atoms with E-state index < -0.39 is 5.41 Å². The van der Waals surface area contributed by atoms with Crippen LogP contribution in [-0.4, -0.2) is 45.1 Å². The minimum absolute atomic E-state index is 0.0565. The first-order valence-electron chi connectivity index (χ1n) is 45.3. The van der Waals surface area contributed by atoms with Crippen molar-refractivity contribution in [1.82, 2.24) is 18.3 Å². The molecule has 8 heteroatoms. The first-order chi connectivity index (χ1) is 64.1. The number of benzene rings is 20. The minimum Gasteiger partial charge on any atom is -0.309 e. The van der Waals surface area contributed by atoms with Crippen LogP contribution in [0.3, 0.4) is 0 Å². The lowest BCUT2D eigenvalue weighted by Gasteiger charge is -2.36. The molecule has 0 bridgehead atoms. The van der Waals surface area contributed by atoms with Crippen LogP contribution >= 0.6 is 0 Å². The quantitative estimate of drug-likeness (QED) is 0.122. The SMILES string of the molecule is c1ccc(B2c3ccccc3B(c3ccccc3)c3c2ccc2c3-c3cc(-n4c5ccccc5c5cc(-c6ccc7c(c6)c6ccccc6n7-c6ccccc6)ccc54)ccc3C23c2ccc(-n4c5ccccc5c5cc(-c6ccc7c(c6)c6ccccc6n7-c6ccccc6)ccc54)cc2-c2c3ccc3c2B(c2ccccc2)c2ccccc2B3c2ccccc2)cc1. The van der Waals surface area contributed by atoms with Gasteiger partial charge in [0.2, 0.25) is 26.9 Å². The van der Waals surface area contributed by atoms with Gasteiger partial charge in [0.15, 0.2) is 0 Å². The van der Waals surface area contributed by atoms with E-state index in [9.17, 15) is 0 Å². The van der Waals surface area contributed by atoms with Crippen LogP contribution < -0.4 is 65.6 Å². The molecule has 0 fully saturated rings. The lowest BCUT2D eigenvalue weighted by Crippen LogP contribution is -2.75. The van der Waals surface area contributed by atoms with Gasteiger partial charge in [0.1, 0.15) is 0 Å². The summed E-state index contributed by atoms with van der Waals surface area (Å²) in [6, 6.07) is 176. The number of para-hydroxylation sites is 6. The third kappa shape index (κ3) is 10.3. The van der Waals surface area contributed by atoms with Crippen LogP contribution in [-0.2, 0) is 5.41 Å². The Balaban J connectivity index is 0.712. The highest BCUT2D eigenvalue weighted by Crippen LogP contribution is 2.63. The van der Waals surface area contributed by atoms with Crippen molar-refractivity contribution in [3.05, 3.63) is 483 Å². The Hall–Kier alpha value is -16.1. The van der Waals surface area contributed by atoms with Crippen molar-refractivity contribution in [2.45, 2.75) is 5.41 Å². The molecule has 4 aromatic heterocycles. The topological polar surface area (TPSA) is 19.7 Å². The van der Waals surface area contributed by atoms with Crippen molar-refractivity contribution in [2.75, 3.05) is 0 Å². The number of aromatic nitrogens is 4. The first-order valence-corrected chi connectivity index (χ1v) is 45.3. The van der Waals surface area contributed by atoms with Crippen molar-refractivity contribution in [1.29, 1.82) is 0 Å². The molecule has 0 saturated heterocycles.